The minimum Gasteiger partial charge on any atom is -0.338 e. The number of aromatic nitrogens is 2. The zero-order chi connectivity index (χ0) is 15.9. The van der Waals surface area contributed by atoms with Gasteiger partial charge in [0.2, 0.25) is 0 Å². The third-order valence-electron chi connectivity index (χ3n) is 2.64. The van der Waals surface area contributed by atoms with Gasteiger partial charge in [-0.2, -0.15) is 5.26 Å². The van der Waals surface area contributed by atoms with E-state index in [4.69, 9.17) is 5.26 Å². The average Bonchev–Trinajstić information content (AvgIpc) is 2.49. The smallest absolute Gasteiger partial charge is 0.320 e. The molecule has 2 rings (SSSR count). The fraction of sp³-hybridized carbons (Fsp3) is 0.200. The number of nitrogens with zero attached hydrogens (tertiary/aromatic N) is 3. The number of urea groups is 1. The highest BCUT2D eigenvalue weighted by Crippen LogP contribution is 2.18. The highest BCUT2D eigenvalue weighted by atomic mass is 16.2. The second kappa shape index (κ2) is 7.04. The minimum absolute atomic E-state index is 0.0383. The summed E-state index contributed by atoms with van der Waals surface area (Å²) in [6.07, 6.45) is 0. The number of hydrogen-bond acceptors (Lipinski definition) is 5. The van der Waals surface area contributed by atoms with Crippen LogP contribution < -0.4 is 16.0 Å². The van der Waals surface area contributed by atoms with Gasteiger partial charge in [0.05, 0.1) is 11.3 Å². The van der Waals surface area contributed by atoms with Gasteiger partial charge >= 0.3 is 6.03 Å². The quantitative estimate of drug-likeness (QED) is 0.804. The molecule has 0 bridgehead atoms. The first-order valence-corrected chi connectivity index (χ1v) is 6.76. The molecule has 0 fully saturated rings. The number of nitriles is 1. The molecule has 0 aliphatic rings. The Labute approximate surface area is 128 Å². The summed E-state index contributed by atoms with van der Waals surface area (Å²) in [6, 6.07) is 12.2. The zero-order valence-electron chi connectivity index (χ0n) is 12.3. The molecule has 3 N–H and O–H groups in total. The van der Waals surface area contributed by atoms with Crippen LogP contribution in [0.25, 0.3) is 0 Å². The first-order valence-electron chi connectivity index (χ1n) is 6.76. The van der Waals surface area contributed by atoms with Gasteiger partial charge in [0.15, 0.2) is 11.6 Å². The standard InChI is InChI=1S/C15H16N6O/c1-10(2)17-15(22)19-14-8-7-13(20-21-14)18-12-6-4-3-5-11(12)9-16/h3-8,10H,1-2H3,(H,18,20)(H2,17,19,21,22). The Morgan fingerprint density at radius 3 is 2.45 bits per heavy atom. The summed E-state index contributed by atoms with van der Waals surface area (Å²) < 4.78 is 0. The molecule has 0 atom stereocenters. The van der Waals surface area contributed by atoms with Crippen LogP contribution in [0.2, 0.25) is 0 Å². The van der Waals surface area contributed by atoms with Gasteiger partial charge in [0.25, 0.3) is 0 Å². The van der Waals surface area contributed by atoms with Gasteiger partial charge in [-0.25, -0.2) is 4.79 Å². The first kappa shape index (κ1) is 15.3. The molecule has 7 nitrogen and oxygen atoms in total. The van der Waals surface area contributed by atoms with Crippen molar-refractivity contribution in [2.75, 3.05) is 10.6 Å². The van der Waals surface area contributed by atoms with Crippen LogP contribution >= 0.6 is 0 Å². The van der Waals surface area contributed by atoms with Crippen LogP contribution in [-0.2, 0) is 0 Å². The predicted molar refractivity (Wildman–Crippen MR) is 83.8 cm³/mol. The molecule has 0 aliphatic carbocycles. The predicted octanol–water partition coefficient (Wildman–Crippen LogP) is 2.62. The maximum Gasteiger partial charge on any atom is 0.320 e. The minimum atomic E-state index is -0.333. The molecule has 1 heterocycles. The lowest BCUT2D eigenvalue weighted by atomic mass is 10.2. The first-order chi connectivity index (χ1) is 10.6. The normalized spacial score (nSPS) is 9.91. The average molecular weight is 296 g/mol. The van der Waals surface area contributed by atoms with E-state index >= 15 is 0 Å². The summed E-state index contributed by atoms with van der Waals surface area (Å²) >= 11 is 0. The zero-order valence-corrected chi connectivity index (χ0v) is 12.3. The lowest BCUT2D eigenvalue weighted by Crippen LogP contribution is -2.34. The highest BCUT2D eigenvalue weighted by molar-refractivity contribution is 5.88. The lowest BCUT2D eigenvalue weighted by molar-refractivity contribution is 0.250. The van der Waals surface area contributed by atoms with Crippen LogP contribution in [0.1, 0.15) is 19.4 Å². The summed E-state index contributed by atoms with van der Waals surface area (Å²) in [7, 11) is 0. The Morgan fingerprint density at radius 2 is 1.82 bits per heavy atom. The van der Waals surface area contributed by atoms with Crippen LogP contribution in [0.3, 0.4) is 0 Å². The second-order valence-electron chi connectivity index (χ2n) is 4.84. The van der Waals surface area contributed by atoms with Crippen molar-refractivity contribution in [3.8, 4) is 6.07 Å². The molecule has 0 saturated heterocycles. The number of para-hydroxylation sites is 1. The number of nitrogens with one attached hydrogen (secondary N) is 3. The van der Waals surface area contributed by atoms with E-state index in [-0.39, 0.29) is 12.1 Å². The molecule has 0 aliphatic heterocycles. The molecule has 112 valence electrons. The van der Waals surface area contributed by atoms with Crippen molar-refractivity contribution in [3.63, 3.8) is 0 Å². The van der Waals surface area contributed by atoms with Crippen molar-refractivity contribution in [1.29, 1.82) is 5.26 Å². The van der Waals surface area contributed by atoms with E-state index < -0.39 is 0 Å². The number of hydrogen-bond donors (Lipinski definition) is 3. The lowest BCUT2D eigenvalue weighted by Gasteiger charge is -2.10. The maximum atomic E-state index is 11.5. The number of carbonyl (C=O) groups excluding carboxylic acids is 1. The summed E-state index contributed by atoms with van der Waals surface area (Å²) in [6.45, 7) is 3.73. The Morgan fingerprint density at radius 1 is 1.14 bits per heavy atom. The van der Waals surface area contributed by atoms with E-state index in [1.54, 1.807) is 30.3 Å². The monoisotopic (exact) mass is 296 g/mol. The van der Waals surface area contributed by atoms with E-state index in [1.807, 2.05) is 19.9 Å². The van der Waals surface area contributed by atoms with Crippen molar-refractivity contribution in [3.05, 3.63) is 42.0 Å². The van der Waals surface area contributed by atoms with Crippen molar-refractivity contribution >= 4 is 23.4 Å². The molecular weight excluding hydrogens is 280 g/mol. The van der Waals surface area contributed by atoms with Crippen LogP contribution in [0.15, 0.2) is 36.4 Å². The Hall–Kier alpha value is -3.14. The number of anilines is 3. The number of benzene rings is 1. The maximum absolute atomic E-state index is 11.5. The van der Waals surface area contributed by atoms with Crippen LogP contribution in [0.4, 0.5) is 22.1 Å². The fourth-order valence-corrected chi connectivity index (χ4v) is 1.71. The van der Waals surface area contributed by atoms with E-state index in [9.17, 15) is 4.79 Å². The van der Waals surface area contributed by atoms with Crippen LogP contribution in [0.5, 0.6) is 0 Å². The number of amides is 2. The molecule has 1 aromatic carbocycles. The number of rotatable bonds is 4. The van der Waals surface area contributed by atoms with Gasteiger partial charge in [0, 0.05) is 6.04 Å². The second-order valence-corrected chi connectivity index (χ2v) is 4.84. The van der Waals surface area contributed by atoms with Crippen LogP contribution in [-0.4, -0.2) is 22.3 Å². The fourth-order valence-electron chi connectivity index (χ4n) is 1.71. The van der Waals surface area contributed by atoms with Crippen molar-refractivity contribution in [2.24, 2.45) is 0 Å². The van der Waals surface area contributed by atoms with Crippen molar-refractivity contribution < 1.29 is 4.79 Å². The topological polar surface area (TPSA) is 103 Å². The van der Waals surface area contributed by atoms with E-state index in [2.05, 4.69) is 32.2 Å². The molecule has 0 unspecified atom stereocenters. The summed E-state index contributed by atoms with van der Waals surface area (Å²) in [5.41, 5.74) is 1.17. The highest BCUT2D eigenvalue weighted by Gasteiger charge is 2.06. The largest absolute Gasteiger partial charge is 0.338 e. The molecule has 2 aromatic rings. The van der Waals surface area contributed by atoms with Gasteiger partial charge in [-0.1, -0.05) is 12.1 Å². The summed E-state index contributed by atoms with van der Waals surface area (Å²) in [4.78, 5) is 11.5. The molecular formula is C15H16N6O. The summed E-state index contributed by atoms with van der Waals surface area (Å²) in [5, 5.41) is 25.2. The molecule has 0 radical (unpaired) electrons. The third-order valence-corrected chi connectivity index (χ3v) is 2.64. The molecule has 0 spiro atoms. The molecule has 0 saturated carbocycles. The Bertz CT molecular complexity index is 690. The van der Waals surface area contributed by atoms with Gasteiger partial charge in [-0.05, 0) is 38.1 Å². The summed E-state index contributed by atoms with van der Waals surface area (Å²) in [5.74, 6) is 0.829. The van der Waals surface area contributed by atoms with Crippen molar-refractivity contribution in [1.82, 2.24) is 15.5 Å². The SMILES string of the molecule is CC(C)NC(=O)Nc1ccc(Nc2ccccc2C#N)nn1. The van der Waals surface area contributed by atoms with Gasteiger partial charge in [-0.15, -0.1) is 10.2 Å². The Balaban J connectivity index is 2.03. The van der Waals surface area contributed by atoms with Gasteiger partial charge in [0.1, 0.15) is 6.07 Å². The van der Waals surface area contributed by atoms with Crippen LogP contribution in [0, 0.1) is 11.3 Å². The molecule has 1 aromatic heterocycles. The molecule has 22 heavy (non-hydrogen) atoms. The third kappa shape index (κ3) is 4.18. The van der Waals surface area contributed by atoms with E-state index in [0.717, 1.165) is 0 Å². The van der Waals surface area contributed by atoms with Gasteiger partial charge in [-0.3, -0.25) is 5.32 Å². The molecule has 2 amide bonds. The van der Waals surface area contributed by atoms with E-state index in [1.165, 1.54) is 0 Å². The number of carbonyl (C=O) groups is 1. The Kier molecular flexibility index (Phi) is 4.88. The van der Waals surface area contributed by atoms with Crippen molar-refractivity contribution in [2.45, 2.75) is 19.9 Å². The van der Waals surface area contributed by atoms with E-state index in [0.29, 0.717) is 22.9 Å². The van der Waals surface area contributed by atoms with Gasteiger partial charge < -0.3 is 10.6 Å². The molecule has 7 heteroatoms.